The van der Waals surface area contributed by atoms with Crippen LogP contribution in [0.5, 0.6) is 0 Å². The van der Waals surface area contributed by atoms with Crippen molar-refractivity contribution < 1.29 is 0 Å². The van der Waals surface area contributed by atoms with Gasteiger partial charge in [0.05, 0.1) is 11.2 Å². The van der Waals surface area contributed by atoms with E-state index in [2.05, 4.69) is 64.7 Å². The van der Waals surface area contributed by atoms with Crippen molar-refractivity contribution in [2.75, 3.05) is 5.32 Å². The van der Waals surface area contributed by atoms with Gasteiger partial charge in [-0.15, -0.1) is 0 Å². The lowest BCUT2D eigenvalue weighted by Crippen LogP contribution is -2.16. The van der Waals surface area contributed by atoms with Crippen molar-refractivity contribution in [3.05, 3.63) is 47.2 Å². The fourth-order valence-corrected chi connectivity index (χ4v) is 4.01. The summed E-state index contributed by atoms with van der Waals surface area (Å²) in [6.45, 7) is 10.7. The molecule has 3 heterocycles. The average molecular weight is 391 g/mol. The van der Waals surface area contributed by atoms with Gasteiger partial charge in [0.15, 0.2) is 5.65 Å². The van der Waals surface area contributed by atoms with Gasteiger partial charge < -0.3 is 9.88 Å². The second-order valence-corrected chi connectivity index (χ2v) is 8.21. The van der Waals surface area contributed by atoms with Crippen LogP contribution in [0.4, 0.5) is 5.95 Å². The van der Waals surface area contributed by atoms with E-state index in [0.717, 1.165) is 65.4 Å². The van der Waals surface area contributed by atoms with Gasteiger partial charge in [0.1, 0.15) is 5.82 Å². The Morgan fingerprint density at radius 3 is 2.72 bits per heavy atom. The molecule has 0 bridgehead atoms. The fraction of sp³-hybridized carbons (Fsp3) is 0.478. The molecule has 1 atom stereocenters. The largest absolute Gasteiger partial charge is 0.352 e. The van der Waals surface area contributed by atoms with E-state index in [4.69, 9.17) is 4.98 Å². The molecule has 6 heteroatoms. The zero-order valence-corrected chi connectivity index (χ0v) is 18.0. The number of rotatable bonds is 5. The summed E-state index contributed by atoms with van der Waals surface area (Å²) in [4.78, 5) is 18.8. The first-order valence-electron chi connectivity index (χ1n) is 10.7. The number of nitrogens with one attached hydrogen (secondary N) is 1. The molecule has 29 heavy (non-hydrogen) atoms. The van der Waals surface area contributed by atoms with Gasteiger partial charge in [0, 0.05) is 35.6 Å². The van der Waals surface area contributed by atoms with Crippen LogP contribution in [-0.2, 0) is 6.42 Å². The third-order valence-electron chi connectivity index (χ3n) is 5.66. The van der Waals surface area contributed by atoms with E-state index in [1.165, 1.54) is 5.57 Å². The normalized spacial score (nSPS) is 15.2. The Kier molecular flexibility index (Phi) is 5.35. The fourth-order valence-electron chi connectivity index (χ4n) is 4.01. The number of hydrogen-bond donors (Lipinski definition) is 1. The molecule has 6 nitrogen and oxygen atoms in total. The molecule has 0 radical (unpaired) electrons. The number of anilines is 1. The van der Waals surface area contributed by atoms with Crippen molar-refractivity contribution >= 4 is 22.7 Å². The predicted octanol–water partition coefficient (Wildman–Crippen LogP) is 5.09. The van der Waals surface area contributed by atoms with Gasteiger partial charge in [-0.2, -0.15) is 0 Å². The van der Waals surface area contributed by atoms with Crippen LogP contribution in [0.3, 0.4) is 0 Å². The molecular weight excluding hydrogens is 360 g/mol. The van der Waals surface area contributed by atoms with E-state index in [1.807, 2.05) is 19.3 Å². The van der Waals surface area contributed by atoms with E-state index in [9.17, 15) is 0 Å². The first-order valence-corrected chi connectivity index (χ1v) is 10.7. The minimum absolute atomic E-state index is 0.338. The maximum absolute atomic E-state index is 4.85. The number of nitrogens with zero attached hydrogens (tertiary/aromatic N) is 5. The van der Waals surface area contributed by atoms with Crippen molar-refractivity contribution in [3.63, 3.8) is 0 Å². The molecule has 3 aromatic heterocycles. The van der Waals surface area contributed by atoms with Crippen LogP contribution in [0.2, 0.25) is 0 Å². The maximum atomic E-state index is 4.85. The molecular formula is C23H30N6. The maximum Gasteiger partial charge on any atom is 0.223 e. The lowest BCUT2D eigenvalue weighted by atomic mass is 9.99. The summed E-state index contributed by atoms with van der Waals surface area (Å²) in [5.74, 6) is 1.72. The predicted molar refractivity (Wildman–Crippen MR) is 118 cm³/mol. The zero-order chi connectivity index (χ0) is 20.5. The van der Waals surface area contributed by atoms with E-state index in [0.29, 0.717) is 12.1 Å². The average Bonchev–Trinajstić information content (AvgIpc) is 2.89. The highest BCUT2D eigenvalue weighted by Crippen LogP contribution is 2.32. The van der Waals surface area contributed by atoms with E-state index < -0.39 is 0 Å². The molecule has 152 valence electrons. The van der Waals surface area contributed by atoms with Gasteiger partial charge in [-0.25, -0.2) is 19.9 Å². The molecule has 0 amide bonds. The number of pyridine rings is 1. The Morgan fingerprint density at radius 2 is 1.97 bits per heavy atom. The highest BCUT2D eigenvalue weighted by molar-refractivity contribution is 5.85. The van der Waals surface area contributed by atoms with Crippen LogP contribution in [0, 0.1) is 6.92 Å². The summed E-state index contributed by atoms with van der Waals surface area (Å²) in [6, 6.07) is 2.92. The first-order chi connectivity index (χ1) is 14.0. The van der Waals surface area contributed by atoms with E-state index in [-0.39, 0.29) is 0 Å². The summed E-state index contributed by atoms with van der Waals surface area (Å²) in [6.07, 6.45) is 10.3. The molecule has 4 rings (SSSR count). The second-order valence-electron chi connectivity index (χ2n) is 8.21. The Balaban J connectivity index is 1.78. The minimum atomic E-state index is 0.338. The molecule has 1 aliphatic rings. The molecule has 0 saturated carbocycles. The number of aryl methyl sites for hydroxylation is 2. The molecule has 0 aliphatic heterocycles. The standard InChI is InChI=1S/C23H30N6/c1-6-15(4)26-23-25-13-19-18(9-7-8-10-20(19)28-23)17-11-21-22(24-12-17)27-16(5)29(21)14(2)3/h9,11-15H,6-8,10H2,1-5H3,(H,25,26,28)/t15-/m0/s1. The molecule has 1 N–H and O–H groups in total. The lowest BCUT2D eigenvalue weighted by molar-refractivity contribution is 0.600. The Hall–Kier alpha value is -2.76. The zero-order valence-electron chi connectivity index (χ0n) is 18.0. The summed E-state index contributed by atoms with van der Waals surface area (Å²) in [7, 11) is 0. The molecule has 1 aliphatic carbocycles. The van der Waals surface area contributed by atoms with Crippen LogP contribution < -0.4 is 5.32 Å². The number of allylic oxidation sites excluding steroid dienone is 1. The molecule has 0 unspecified atom stereocenters. The van der Waals surface area contributed by atoms with Gasteiger partial charge in [-0.1, -0.05) is 13.0 Å². The third-order valence-corrected chi connectivity index (χ3v) is 5.66. The summed E-state index contributed by atoms with van der Waals surface area (Å²) < 4.78 is 2.25. The van der Waals surface area contributed by atoms with Crippen molar-refractivity contribution in [1.29, 1.82) is 0 Å². The van der Waals surface area contributed by atoms with Gasteiger partial charge in [0.25, 0.3) is 0 Å². The van der Waals surface area contributed by atoms with Gasteiger partial charge in [-0.05, 0) is 65.0 Å². The minimum Gasteiger partial charge on any atom is -0.352 e. The van der Waals surface area contributed by atoms with Crippen LogP contribution in [0.25, 0.3) is 16.7 Å². The molecule has 0 saturated heterocycles. The Bertz CT molecular complexity index is 1060. The number of hydrogen-bond acceptors (Lipinski definition) is 5. The summed E-state index contributed by atoms with van der Waals surface area (Å²) in [5, 5.41) is 3.40. The van der Waals surface area contributed by atoms with Gasteiger partial charge in [-0.3, -0.25) is 0 Å². The number of aromatic nitrogens is 5. The van der Waals surface area contributed by atoms with E-state index >= 15 is 0 Å². The lowest BCUT2D eigenvalue weighted by Gasteiger charge is -2.15. The number of fused-ring (bicyclic) bond motifs is 2. The first kappa shape index (κ1) is 19.6. The van der Waals surface area contributed by atoms with Crippen LogP contribution in [0.15, 0.2) is 24.5 Å². The van der Waals surface area contributed by atoms with Crippen LogP contribution >= 0.6 is 0 Å². The number of imidazole rings is 1. The summed E-state index contributed by atoms with van der Waals surface area (Å²) in [5.41, 5.74) is 6.40. The second kappa shape index (κ2) is 7.93. The summed E-state index contributed by atoms with van der Waals surface area (Å²) >= 11 is 0. The highest BCUT2D eigenvalue weighted by atomic mass is 15.1. The SMILES string of the molecule is CC[C@H](C)Nc1ncc2c(n1)CCCC=C2c1cnc2nc(C)n(C(C)C)c2c1. The van der Waals surface area contributed by atoms with Crippen LogP contribution in [-0.4, -0.2) is 30.5 Å². The van der Waals surface area contributed by atoms with E-state index in [1.54, 1.807) is 0 Å². The topological polar surface area (TPSA) is 68.5 Å². The highest BCUT2D eigenvalue weighted by Gasteiger charge is 2.19. The van der Waals surface area contributed by atoms with Crippen molar-refractivity contribution in [3.8, 4) is 0 Å². The monoisotopic (exact) mass is 390 g/mol. The van der Waals surface area contributed by atoms with Crippen LogP contribution in [0.1, 0.15) is 75.6 Å². The van der Waals surface area contributed by atoms with Crippen molar-refractivity contribution in [2.45, 2.75) is 72.4 Å². The molecule has 0 spiro atoms. The molecule has 3 aromatic rings. The van der Waals surface area contributed by atoms with Gasteiger partial charge >= 0.3 is 0 Å². The third kappa shape index (κ3) is 3.76. The van der Waals surface area contributed by atoms with Crippen molar-refractivity contribution in [2.24, 2.45) is 0 Å². The Morgan fingerprint density at radius 1 is 1.14 bits per heavy atom. The van der Waals surface area contributed by atoms with Crippen molar-refractivity contribution in [1.82, 2.24) is 24.5 Å². The Labute approximate surface area is 172 Å². The van der Waals surface area contributed by atoms with Gasteiger partial charge in [0.2, 0.25) is 5.95 Å². The quantitative estimate of drug-likeness (QED) is 0.657. The molecule has 0 aromatic carbocycles. The molecule has 0 fully saturated rings. The smallest absolute Gasteiger partial charge is 0.223 e.